The highest BCUT2D eigenvalue weighted by molar-refractivity contribution is 7.13. The summed E-state index contributed by atoms with van der Waals surface area (Å²) in [7, 11) is 1.61. The van der Waals surface area contributed by atoms with E-state index in [1.165, 1.54) is 35.6 Å². The van der Waals surface area contributed by atoms with E-state index < -0.39 is 11.9 Å². The summed E-state index contributed by atoms with van der Waals surface area (Å²) in [5.74, 6) is -0.278. The van der Waals surface area contributed by atoms with E-state index in [-0.39, 0.29) is 6.61 Å². The van der Waals surface area contributed by atoms with Gasteiger partial charge in [-0.1, -0.05) is 12.1 Å². The van der Waals surface area contributed by atoms with Crippen molar-refractivity contribution in [3.05, 3.63) is 70.7 Å². The van der Waals surface area contributed by atoms with Gasteiger partial charge in [0.1, 0.15) is 17.4 Å². The zero-order valence-corrected chi connectivity index (χ0v) is 14.8. The molecule has 3 aromatic rings. The molecule has 0 radical (unpaired) electrons. The summed E-state index contributed by atoms with van der Waals surface area (Å²) in [5, 5.41) is 2.67. The van der Waals surface area contributed by atoms with E-state index in [4.69, 9.17) is 15.2 Å². The minimum absolute atomic E-state index is 0.0663. The molecule has 0 aliphatic rings. The summed E-state index contributed by atoms with van der Waals surface area (Å²) in [6, 6.07) is 13.6. The fourth-order valence-corrected chi connectivity index (χ4v) is 3.06. The summed E-state index contributed by atoms with van der Waals surface area (Å²) < 4.78 is 10.5. The van der Waals surface area contributed by atoms with Crippen molar-refractivity contribution in [2.24, 2.45) is 5.73 Å². The van der Waals surface area contributed by atoms with Crippen LogP contribution in [-0.2, 0) is 11.3 Å². The van der Waals surface area contributed by atoms with Gasteiger partial charge in [-0.3, -0.25) is 4.79 Å². The number of primary amides is 1. The van der Waals surface area contributed by atoms with Gasteiger partial charge >= 0.3 is 5.97 Å². The lowest BCUT2D eigenvalue weighted by molar-refractivity contribution is 0.0468. The first-order chi connectivity index (χ1) is 12.6. The van der Waals surface area contributed by atoms with E-state index in [1.807, 2.05) is 29.6 Å². The maximum Gasteiger partial charge on any atom is 0.338 e. The zero-order chi connectivity index (χ0) is 18.5. The lowest BCUT2D eigenvalue weighted by Crippen LogP contribution is -2.11. The Labute approximate surface area is 154 Å². The van der Waals surface area contributed by atoms with Crippen molar-refractivity contribution in [3.8, 4) is 16.3 Å². The van der Waals surface area contributed by atoms with E-state index >= 15 is 0 Å². The molecule has 1 amide bonds. The first-order valence-corrected chi connectivity index (χ1v) is 8.60. The van der Waals surface area contributed by atoms with Crippen LogP contribution in [0.15, 0.2) is 53.9 Å². The molecule has 6 nitrogen and oxygen atoms in total. The third kappa shape index (κ3) is 4.07. The van der Waals surface area contributed by atoms with E-state index in [0.29, 0.717) is 16.8 Å². The summed E-state index contributed by atoms with van der Waals surface area (Å²) >= 11 is 1.47. The van der Waals surface area contributed by atoms with Crippen molar-refractivity contribution in [2.75, 3.05) is 7.11 Å². The maximum atomic E-state index is 12.1. The fourth-order valence-electron chi connectivity index (χ4n) is 2.26. The van der Waals surface area contributed by atoms with Crippen molar-refractivity contribution >= 4 is 23.2 Å². The molecule has 7 heteroatoms. The molecule has 0 bridgehead atoms. The molecule has 2 aromatic carbocycles. The van der Waals surface area contributed by atoms with Crippen LogP contribution in [-0.4, -0.2) is 24.0 Å². The van der Waals surface area contributed by atoms with Crippen LogP contribution in [0.25, 0.3) is 10.6 Å². The molecule has 0 unspecified atom stereocenters. The minimum atomic E-state index is -0.544. The van der Waals surface area contributed by atoms with Crippen LogP contribution in [0.5, 0.6) is 5.75 Å². The molecule has 1 aromatic heterocycles. The molecular weight excluding hydrogens is 352 g/mol. The molecule has 1 heterocycles. The van der Waals surface area contributed by atoms with Gasteiger partial charge in [0.05, 0.1) is 18.4 Å². The van der Waals surface area contributed by atoms with Crippen LogP contribution in [0, 0.1) is 0 Å². The number of thiazole rings is 1. The van der Waals surface area contributed by atoms with Crippen LogP contribution < -0.4 is 10.5 Å². The third-order valence-electron chi connectivity index (χ3n) is 3.62. The molecule has 3 rings (SSSR count). The SMILES string of the molecule is COc1cccc(-c2nc(COC(=O)c3ccc(C(N)=O)cc3)cs2)c1. The third-order valence-corrected chi connectivity index (χ3v) is 4.56. The van der Waals surface area contributed by atoms with Crippen LogP contribution in [0.3, 0.4) is 0 Å². The molecule has 0 aliphatic carbocycles. The Morgan fingerprint density at radius 2 is 1.85 bits per heavy atom. The average Bonchev–Trinajstić information content (AvgIpc) is 3.15. The van der Waals surface area contributed by atoms with Gasteiger partial charge in [-0.05, 0) is 36.4 Å². The number of ether oxygens (including phenoxy) is 2. The summed E-state index contributed by atoms with van der Waals surface area (Å²) in [6.07, 6.45) is 0. The number of esters is 1. The number of aromatic nitrogens is 1. The van der Waals surface area contributed by atoms with Crippen LogP contribution in [0.4, 0.5) is 0 Å². The van der Waals surface area contributed by atoms with Gasteiger partial charge in [-0.15, -0.1) is 11.3 Å². The first-order valence-electron chi connectivity index (χ1n) is 7.72. The number of amides is 1. The Kier molecular flexibility index (Phi) is 5.28. The fraction of sp³-hybridized carbons (Fsp3) is 0.105. The van der Waals surface area contributed by atoms with Crippen molar-refractivity contribution in [3.63, 3.8) is 0 Å². The zero-order valence-electron chi connectivity index (χ0n) is 14.0. The molecule has 0 atom stereocenters. The van der Waals surface area contributed by atoms with Crippen molar-refractivity contribution < 1.29 is 19.1 Å². The molecule has 0 fully saturated rings. The molecule has 0 aliphatic heterocycles. The Morgan fingerprint density at radius 3 is 2.54 bits per heavy atom. The van der Waals surface area contributed by atoms with E-state index in [0.717, 1.165) is 16.3 Å². The first kappa shape index (κ1) is 17.6. The normalized spacial score (nSPS) is 10.3. The second-order valence-electron chi connectivity index (χ2n) is 5.39. The number of carbonyl (C=O) groups is 2. The highest BCUT2D eigenvalue weighted by Crippen LogP contribution is 2.27. The van der Waals surface area contributed by atoms with Gasteiger partial charge in [-0.25, -0.2) is 9.78 Å². The van der Waals surface area contributed by atoms with Crippen molar-refractivity contribution in [1.29, 1.82) is 0 Å². The standard InChI is InChI=1S/C19H16N2O4S/c1-24-16-4-2-3-14(9-16)18-21-15(11-26-18)10-25-19(23)13-7-5-12(6-8-13)17(20)22/h2-9,11H,10H2,1H3,(H2,20,22). The second kappa shape index (κ2) is 7.79. The number of rotatable bonds is 6. The van der Waals surface area contributed by atoms with Gasteiger partial charge in [0, 0.05) is 16.5 Å². The van der Waals surface area contributed by atoms with E-state index in [2.05, 4.69) is 4.98 Å². The van der Waals surface area contributed by atoms with Crippen molar-refractivity contribution in [2.45, 2.75) is 6.61 Å². The minimum Gasteiger partial charge on any atom is -0.497 e. The predicted octanol–water partition coefficient (Wildman–Crippen LogP) is 3.27. The lowest BCUT2D eigenvalue weighted by atomic mass is 10.1. The van der Waals surface area contributed by atoms with Gasteiger partial charge in [0.2, 0.25) is 5.91 Å². The largest absolute Gasteiger partial charge is 0.497 e. The summed E-state index contributed by atoms with van der Waals surface area (Å²) in [5.41, 5.74) is 7.46. The molecule has 132 valence electrons. The highest BCUT2D eigenvalue weighted by Gasteiger charge is 2.11. The lowest BCUT2D eigenvalue weighted by Gasteiger charge is -2.04. The topological polar surface area (TPSA) is 91.5 Å². The highest BCUT2D eigenvalue weighted by atomic mass is 32.1. The molecule has 26 heavy (non-hydrogen) atoms. The maximum absolute atomic E-state index is 12.1. The summed E-state index contributed by atoms with van der Waals surface area (Å²) in [6.45, 7) is 0.0663. The van der Waals surface area contributed by atoms with Crippen LogP contribution in [0.2, 0.25) is 0 Å². The number of nitrogens with zero attached hydrogens (tertiary/aromatic N) is 1. The van der Waals surface area contributed by atoms with Crippen molar-refractivity contribution in [1.82, 2.24) is 4.98 Å². The van der Waals surface area contributed by atoms with Crippen LogP contribution >= 0.6 is 11.3 Å². The van der Waals surface area contributed by atoms with Gasteiger partial charge < -0.3 is 15.2 Å². The number of benzene rings is 2. The predicted molar refractivity (Wildman–Crippen MR) is 98.2 cm³/mol. The molecule has 0 spiro atoms. The Hall–Kier alpha value is -3.19. The van der Waals surface area contributed by atoms with Gasteiger partial charge in [-0.2, -0.15) is 0 Å². The number of nitrogens with two attached hydrogens (primary N) is 1. The average molecular weight is 368 g/mol. The van der Waals surface area contributed by atoms with E-state index in [9.17, 15) is 9.59 Å². The number of hydrogen-bond acceptors (Lipinski definition) is 6. The monoisotopic (exact) mass is 368 g/mol. The summed E-state index contributed by atoms with van der Waals surface area (Å²) in [4.78, 5) is 27.6. The molecule has 0 saturated heterocycles. The quantitative estimate of drug-likeness (QED) is 0.674. The Balaban J connectivity index is 1.64. The van der Waals surface area contributed by atoms with Gasteiger partial charge in [0.25, 0.3) is 0 Å². The molecule has 2 N–H and O–H groups in total. The smallest absolute Gasteiger partial charge is 0.338 e. The Morgan fingerprint density at radius 1 is 1.12 bits per heavy atom. The van der Waals surface area contributed by atoms with Crippen LogP contribution in [0.1, 0.15) is 26.4 Å². The van der Waals surface area contributed by atoms with Gasteiger partial charge in [0.15, 0.2) is 0 Å². The molecule has 0 saturated carbocycles. The Bertz CT molecular complexity index is 935. The number of carbonyl (C=O) groups excluding carboxylic acids is 2. The van der Waals surface area contributed by atoms with E-state index in [1.54, 1.807) is 7.11 Å². The number of hydrogen-bond donors (Lipinski definition) is 1. The molecular formula is C19H16N2O4S. The number of methoxy groups -OCH3 is 1. The second-order valence-corrected chi connectivity index (χ2v) is 6.25.